The van der Waals surface area contributed by atoms with Crippen molar-refractivity contribution >= 4 is 11.6 Å². The molecule has 0 N–H and O–H groups in total. The molecule has 0 aliphatic carbocycles. The van der Waals surface area contributed by atoms with Gasteiger partial charge in [0.2, 0.25) is 0 Å². The van der Waals surface area contributed by atoms with Crippen molar-refractivity contribution < 1.29 is 22.6 Å². The van der Waals surface area contributed by atoms with Crippen LogP contribution in [0.2, 0.25) is 0 Å². The van der Waals surface area contributed by atoms with E-state index in [1.807, 2.05) is 6.92 Å². The molecule has 0 radical (unpaired) electrons. The first-order valence-electron chi connectivity index (χ1n) is 5.97. The minimum Gasteiger partial charge on any atom is -0.490 e. The molecule has 0 aliphatic heterocycles. The van der Waals surface area contributed by atoms with Crippen LogP contribution in [-0.2, 0) is 0 Å². The Kier molecular flexibility index (Phi) is 5.79. The van der Waals surface area contributed by atoms with Gasteiger partial charge in [0.05, 0.1) is 25.0 Å². The highest BCUT2D eigenvalue weighted by Gasteiger charge is 2.32. The summed E-state index contributed by atoms with van der Waals surface area (Å²) in [5.41, 5.74) is 0.367. The molecular weight excluding hydrogens is 281 g/mol. The van der Waals surface area contributed by atoms with Gasteiger partial charge >= 0.3 is 6.18 Å². The fraction of sp³-hybridized carbons (Fsp3) is 0.538. The lowest BCUT2D eigenvalue weighted by Crippen LogP contribution is -2.11. The van der Waals surface area contributed by atoms with Crippen LogP contribution < -0.4 is 9.47 Å². The van der Waals surface area contributed by atoms with E-state index in [0.29, 0.717) is 30.3 Å². The smallest absolute Gasteiger partial charge is 0.390 e. The second-order valence-corrected chi connectivity index (χ2v) is 4.39. The van der Waals surface area contributed by atoms with Gasteiger partial charge in [-0.15, -0.1) is 11.6 Å². The van der Waals surface area contributed by atoms with E-state index < -0.39 is 18.0 Å². The predicted octanol–water partition coefficient (Wildman–Crippen LogP) is 4.72. The Hall–Kier alpha value is -1.10. The zero-order chi connectivity index (χ0) is 14.5. The highest BCUT2D eigenvalue weighted by atomic mass is 35.5. The van der Waals surface area contributed by atoms with Crippen LogP contribution in [0.4, 0.5) is 13.2 Å². The fourth-order valence-corrected chi connectivity index (χ4v) is 1.89. The average molecular weight is 297 g/mol. The Morgan fingerprint density at radius 2 is 1.68 bits per heavy atom. The van der Waals surface area contributed by atoms with Crippen LogP contribution in [-0.4, -0.2) is 19.4 Å². The van der Waals surface area contributed by atoms with Crippen molar-refractivity contribution in [3.8, 4) is 11.5 Å². The number of halogens is 4. The average Bonchev–Trinajstić information content (AvgIpc) is 2.29. The normalized spacial score (nSPS) is 13.2. The number of hydrogen-bond donors (Lipinski definition) is 0. The van der Waals surface area contributed by atoms with E-state index in [0.717, 1.165) is 0 Å². The Morgan fingerprint density at radius 3 is 2.21 bits per heavy atom. The second-order valence-electron chi connectivity index (χ2n) is 3.86. The molecule has 0 spiro atoms. The monoisotopic (exact) mass is 296 g/mol. The van der Waals surface area contributed by atoms with Gasteiger partial charge in [0.25, 0.3) is 0 Å². The summed E-state index contributed by atoms with van der Waals surface area (Å²) in [6.45, 7) is 4.45. The largest absolute Gasteiger partial charge is 0.490 e. The molecule has 0 saturated carbocycles. The van der Waals surface area contributed by atoms with E-state index in [1.165, 1.54) is 12.1 Å². The number of rotatable bonds is 6. The number of benzene rings is 1. The maximum atomic E-state index is 12.3. The lowest BCUT2D eigenvalue weighted by atomic mass is 10.1. The first kappa shape index (κ1) is 16.0. The van der Waals surface area contributed by atoms with Crippen molar-refractivity contribution in [1.82, 2.24) is 0 Å². The van der Waals surface area contributed by atoms with Gasteiger partial charge in [-0.05, 0) is 31.5 Å². The van der Waals surface area contributed by atoms with Crippen molar-refractivity contribution in [3.05, 3.63) is 23.8 Å². The van der Waals surface area contributed by atoms with E-state index in [2.05, 4.69) is 0 Å². The first-order valence-corrected chi connectivity index (χ1v) is 6.41. The molecule has 0 saturated heterocycles. The summed E-state index contributed by atoms with van der Waals surface area (Å²) in [4.78, 5) is 0. The third kappa shape index (κ3) is 5.19. The lowest BCUT2D eigenvalue weighted by Gasteiger charge is -2.16. The zero-order valence-corrected chi connectivity index (χ0v) is 11.5. The van der Waals surface area contributed by atoms with Crippen molar-refractivity contribution in [3.63, 3.8) is 0 Å². The topological polar surface area (TPSA) is 18.5 Å². The van der Waals surface area contributed by atoms with E-state index in [4.69, 9.17) is 21.1 Å². The lowest BCUT2D eigenvalue weighted by molar-refractivity contribution is -0.134. The van der Waals surface area contributed by atoms with Gasteiger partial charge < -0.3 is 9.47 Å². The standard InChI is InChI=1S/C13H16ClF3O2/c1-3-18-11-6-5-9(7-12(11)19-4-2)10(14)8-13(15,16)17/h5-7,10H,3-4,8H2,1-2H3. The SMILES string of the molecule is CCOc1ccc(C(Cl)CC(F)(F)F)cc1OCC. The molecule has 19 heavy (non-hydrogen) atoms. The van der Waals surface area contributed by atoms with Crippen molar-refractivity contribution in [2.24, 2.45) is 0 Å². The molecular formula is C13H16ClF3O2. The molecule has 0 aromatic heterocycles. The van der Waals surface area contributed by atoms with Crippen LogP contribution in [0, 0.1) is 0 Å². The third-order valence-electron chi connectivity index (χ3n) is 2.34. The highest BCUT2D eigenvalue weighted by Crippen LogP contribution is 2.37. The molecule has 2 nitrogen and oxygen atoms in total. The number of ether oxygens (including phenoxy) is 2. The van der Waals surface area contributed by atoms with E-state index in [1.54, 1.807) is 13.0 Å². The van der Waals surface area contributed by atoms with Crippen molar-refractivity contribution in [2.45, 2.75) is 31.8 Å². The molecule has 0 fully saturated rings. The van der Waals surface area contributed by atoms with Crippen molar-refractivity contribution in [2.75, 3.05) is 13.2 Å². The van der Waals surface area contributed by atoms with Gasteiger partial charge in [-0.3, -0.25) is 0 Å². The van der Waals surface area contributed by atoms with E-state index in [-0.39, 0.29) is 0 Å². The second kappa shape index (κ2) is 6.89. The van der Waals surface area contributed by atoms with Crippen LogP contribution in [0.3, 0.4) is 0 Å². The minimum absolute atomic E-state index is 0.367. The first-order chi connectivity index (χ1) is 8.87. The van der Waals surface area contributed by atoms with Crippen LogP contribution in [0.15, 0.2) is 18.2 Å². The number of hydrogen-bond acceptors (Lipinski definition) is 2. The summed E-state index contributed by atoms with van der Waals surface area (Å²) in [5.74, 6) is 0.915. The van der Waals surface area contributed by atoms with Crippen LogP contribution in [0.5, 0.6) is 11.5 Å². The molecule has 1 rings (SSSR count). The summed E-state index contributed by atoms with van der Waals surface area (Å²) in [7, 11) is 0. The van der Waals surface area contributed by atoms with E-state index in [9.17, 15) is 13.2 Å². The summed E-state index contributed by atoms with van der Waals surface area (Å²) in [6.07, 6.45) is -5.37. The Morgan fingerprint density at radius 1 is 1.11 bits per heavy atom. The maximum Gasteiger partial charge on any atom is 0.390 e. The molecule has 0 amide bonds. The Balaban J connectivity index is 2.93. The molecule has 1 aromatic rings. The highest BCUT2D eigenvalue weighted by molar-refractivity contribution is 6.20. The van der Waals surface area contributed by atoms with Gasteiger partial charge in [-0.2, -0.15) is 13.2 Å². The quantitative estimate of drug-likeness (QED) is 0.707. The van der Waals surface area contributed by atoms with Crippen LogP contribution in [0.25, 0.3) is 0 Å². The van der Waals surface area contributed by atoms with Crippen LogP contribution >= 0.6 is 11.6 Å². The van der Waals surface area contributed by atoms with Crippen LogP contribution in [0.1, 0.15) is 31.2 Å². The maximum absolute atomic E-state index is 12.3. The Labute approximate surface area is 115 Å². The summed E-state index contributed by atoms with van der Waals surface area (Å²) >= 11 is 5.78. The van der Waals surface area contributed by atoms with Gasteiger partial charge in [-0.1, -0.05) is 6.07 Å². The molecule has 1 unspecified atom stereocenters. The molecule has 108 valence electrons. The van der Waals surface area contributed by atoms with Crippen molar-refractivity contribution in [1.29, 1.82) is 0 Å². The molecule has 6 heteroatoms. The molecule has 0 bridgehead atoms. The van der Waals surface area contributed by atoms with Gasteiger partial charge in [-0.25, -0.2) is 0 Å². The van der Waals surface area contributed by atoms with Gasteiger partial charge in [0.15, 0.2) is 11.5 Å². The van der Waals surface area contributed by atoms with Gasteiger partial charge in [0.1, 0.15) is 0 Å². The predicted molar refractivity (Wildman–Crippen MR) is 68.0 cm³/mol. The molecule has 1 aromatic carbocycles. The van der Waals surface area contributed by atoms with E-state index >= 15 is 0 Å². The molecule has 1 atom stereocenters. The van der Waals surface area contributed by atoms with Gasteiger partial charge in [0, 0.05) is 0 Å². The third-order valence-corrected chi connectivity index (χ3v) is 2.75. The summed E-state index contributed by atoms with van der Waals surface area (Å²) in [6, 6.07) is 4.60. The summed E-state index contributed by atoms with van der Waals surface area (Å²) in [5, 5.41) is -1.13. The number of alkyl halides is 4. The minimum atomic E-state index is -4.29. The Bertz CT molecular complexity index is 407. The fourth-order valence-electron chi connectivity index (χ4n) is 1.58. The molecule has 0 aliphatic rings. The molecule has 0 heterocycles. The summed E-state index contributed by atoms with van der Waals surface area (Å²) < 4.78 is 47.6. The zero-order valence-electron chi connectivity index (χ0n) is 10.8.